The molecule has 0 spiro atoms. The summed E-state index contributed by atoms with van der Waals surface area (Å²) >= 11 is 0. The molecule has 4 rings (SSSR count). The first-order valence-electron chi connectivity index (χ1n) is 10.1. The van der Waals surface area contributed by atoms with Crippen molar-refractivity contribution in [3.63, 3.8) is 0 Å². The van der Waals surface area contributed by atoms with Crippen LogP contribution in [0.1, 0.15) is 55.8 Å². The summed E-state index contributed by atoms with van der Waals surface area (Å²) < 4.78 is 7.81. The van der Waals surface area contributed by atoms with Crippen molar-refractivity contribution in [2.24, 2.45) is 0 Å². The molecule has 0 saturated carbocycles. The summed E-state index contributed by atoms with van der Waals surface area (Å²) in [4.78, 5) is 0. The van der Waals surface area contributed by atoms with E-state index in [9.17, 15) is 0 Å². The van der Waals surface area contributed by atoms with Crippen LogP contribution in [0.25, 0.3) is 16.8 Å². The summed E-state index contributed by atoms with van der Waals surface area (Å²) in [6.07, 6.45) is 6.54. The molecule has 0 amide bonds. The van der Waals surface area contributed by atoms with Crippen LogP contribution in [0.3, 0.4) is 0 Å². The number of nitrogens with zero attached hydrogens (tertiary/aromatic N) is 2. The van der Waals surface area contributed by atoms with Gasteiger partial charge in [0.25, 0.3) is 0 Å². The second-order valence-electron chi connectivity index (χ2n) is 7.46. The van der Waals surface area contributed by atoms with Gasteiger partial charge in [-0.1, -0.05) is 32.0 Å². The molecule has 1 aliphatic rings. The van der Waals surface area contributed by atoms with Crippen LogP contribution in [0, 0.1) is 6.92 Å². The van der Waals surface area contributed by atoms with Gasteiger partial charge in [0.15, 0.2) is 0 Å². The van der Waals surface area contributed by atoms with E-state index >= 15 is 0 Å². The summed E-state index contributed by atoms with van der Waals surface area (Å²) in [7, 11) is 0. The molecular weight excluding hydrogens is 332 g/mol. The van der Waals surface area contributed by atoms with E-state index in [2.05, 4.69) is 62.5 Å². The summed E-state index contributed by atoms with van der Waals surface area (Å²) in [5.41, 5.74) is 7.43. The third kappa shape index (κ3) is 3.51. The van der Waals surface area contributed by atoms with Crippen molar-refractivity contribution in [3.05, 3.63) is 65.5 Å². The van der Waals surface area contributed by atoms with Gasteiger partial charge in [-0.15, -0.1) is 0 Å². The van der Waals surface area contributed by atoms with Crippen molar-refractivity contribution in [1.29, 1.82) is 0 Å². The second-order valence-corrected chi connectivity index (χ2v) is 7.46. The Labute approximate surface area is 162 Å². The fraction of sp³-hybridized carbons (Fsp3) is 0.375. The number of hydrogen-bond acceptors (Lipinski definition) is 2. The molecule has 140 valence electrons. The van der Waals surface area contributed by atoms with Crippen LogP contribution in [0.4, 0.5) is 0 Å². The van der Waals surface area contributed by atoms with E-state index in [1.54, 1.807) is 0 Å². The number of fused-ring (bicyclic) bond motifs is 1. The van der Waals surface area contributed by atoms with Gasteiger partial charge < -0.3 is 4.74 Å². The van der Waals surface area contributed by atoms with E-state index in [1.807, 2.05) is 11.6 Å². The van der Waals surface area contributed by atoms with Crippen LogP contribution in [0.2, 0.25) is 0 Å². The smallest absolute Gasteiger partial charge is 0.122 e. The van der Waals surface area contributed by atoms with E-state index in [0.717, 1.165) is 43.7 Å². The highest BCUT2D eigenvalue weighted by molar-refractivity contribution is 5.69. The predicted octanol–water partition coefficient (Wildman–Crippen LogP) is 6.08. The van der Waals surface area contributed by atoms with Gasteiger partial charge in [-0.2, -0.15) is 5.10 Å². The Hall–Kier alpha value is -2.55. The molecule has 3 aromatic rings. The van der Waals surface area contributed by atoms with Crippen molar-refractivity contribution in [2.45, 2.75) is 52.4 Å². The topological polar surface area (TPSA) is 27.1 Å². The molecule has 1 aliphatic heterocycles. The van der Waals surface area contributed by atoms with Crippen LogP contribution in [0.15, 0.2) is 48.7 Å². The normalized spacial score (nSPS) is 13.5. The molecule has 3 heteroatoms. The first-order valence-corrected chi connectivity index (χ1v) is 10.1. The Kier molecular flexibility index (Phi) is 5.02. The number of rotatable bonds is 5. The average Bonchev–Trinajstić information content (AvgIpc) is 3.15. The molecule has 0 radical (unpaired) electrons. The Morgan fingerprint density at radius 1 is 1.04 bits per heavy atom. The lowest BCUT2D eigenvalue weighted by molar-refractivity contribution is 0.288. The molecule has 0 aliphatic carbocycles. The molecule has 1 aromatic heterocycles. The van der Waals surface area contributed by atoms with Crippen molar-refractivity contribution in [1.82, 2.24) is 9.78 Å². The quantitative estimate of drug-likeness (QED) is 0.551. The van der Waals surface area contributed by atoms with E-state index in [4.69, 9.17) is 9.84 Å². The first kappa shape index (κ1) is 17.8. The van der Waals surface area contributed by atoms with Gasteiger partial charge in [0.05, 0.1) is 18.0 Å². The SMILES string of the molecule is CCC(CC)c1ccc(-c2ccc3c(c2)CCCO3)cc1-n1ccc(C)n1. The Bertz CT molecular complexity index is 937. The first-order chi connectivity index (χ1) is 13.2. The molecule has 0 bridgehead atoms. The highest BCUT2D eigenvalue weighted by atomic mass is 16.5. The van der Waals surface area contributed by atoms with Gasteiger partial charge in [0.1, 0.15) is 5.75 Å². The minimum absolute atomic E-state index is 0.551. The lowest BCUT2D eigenvalue weighted by atomic mass is 9.90. The van der Waals surface area contributed by atoms with E-state index in [-0.39, 0.29) is 0 Å². The fourth-order valence-corrected chi connectivity index (χ4v) is 4.08. The van der Waals surface area contributed by atoms with Crippen LogP contribution >= 0.6 is 0 Å². The standard InChI is InChI=1S/C24H28N2O/c1-4-18(5-2)22-10-8-20(16-23(22)26-13-12-17(3)25-26)19-9-11-24-21(15-19)7-6-14-27-24/h8-13,15-16,18H,4-7,14H2,1-3H3. The number of benzene rings is 2. The van der Waals surface area contributed by atoms with Gasteiger partial charge in [-0.05, 0) is 85.0 Å². The van der Waals surface area contributed by atoms with E-state index < -0.39 is 0 Å². The molecular formula is C24H28N2O. The van der Waals surface area contributed by atoms with Gasteiger partial charge in [0, 0.05) is 6.20 Å². The second kappa shape index (κ2) is 7.59. The molecule has 27 heavy (non-hydrogen) atoms. The van der Waals surface area contributed by atoms with Gasteiger partial charge >= 0.3 is 0 Å². The van der Waals surface area contributed by atoms with Crippen LogP contribution < -0.4 is 4.74 Å². The highest BCUT2D eigenvalue weighted by Gasteiger charge is 2.16. The predicted molar refractivity (Wildman–Crippen MR) is 111 cm³/mol. The largest absolute Gasteiger partial charge is 0.493 e. The van der Waals surface area contributed by atoms with Crippen molar-refractivity contribution >= 4 is 0 Å². The Morgan fingerprint density at radius 3 is 2.56 bits per heavy atom. The maximum atomic E-state index is 5.78. The maximum absolute atomic E-state index is 5.78. The number of hydrogen-bond donors (Lipinski definition) is 0. The zero-order valence-electron chi connectivity index (χ0n) is 16.5. The summed E-state index contributed by atoms with van der Waals surface area (Å²) in [5.74, 6) is 1.59. The molecule has 2 aromatic carbocycles. The Morgan fingerprint density at radius 2 is 1.81 bits per heavy atom. The van der Waals surface area contributed by atoms with Crippen molar-refractivity contribution < 1.29 is 4.74 Å². The maximum Gasteiger partial charge on any atom is 0.122 e. The molecule has 0 atom stereocenters. The van der Waals surface area contributed by atoms with E-state index in [0.29, 0.717) is 5.92 Å². The lowest BCUT2D eigenvalue weighted by Gasteiger charge is -2.20. The van der Waals surface area contributed by atoms with Crippen molar-refractivity contribution in [3.8, 4) is 22.6 Å². The lowest BCUT2D eigenvalue weighted by Crippen LogP contribution is -2.08. The molecule has 0 fully saturated rings. The minimum atomic E-state index is 0.551. The third-order valence-corrected chi connectivity index (χ3v) is 5.67. The Balaban J connectivity index is 1.81. The molecule has 3 nitrogen and oxygen atoms in total. The average molecular weight is 361 g/mol. The number of ether oxygens (including phenoxy) is 1. The summed E-state index contributed by atoms with van der Waals surface area (Å²) in [6.45, 7) is 7.41. The van der Waals surface area contributed by atoms with Crippen molar-refractivity contribution in [2.75, 3.05) is 6.61 Å². The molecule has 2 heterocycles. The van der Waals surface area contributed by atoms with Crippen LogP contribution in [-0.2, 0) is 6.42 Å². The molecule has 0 N–H and O–H groups in total. The fourth-order valence-electron chi connectivity index (χ4n) is 4.08. The molecule has 0 saturated heterocycles. The monoisotopic (exact) mass is 360 g/mol. The number of aromatic nitrogens is 2. The minimum Gasteiger partial charge on any atom is -0.493 e. The zero-order valence-corrected chi connectivity index (χ0v) is 16.5. The van der Waals surface area contributed by atoms with Gasteiger partial charge in [-0.3, -0.25) is 0 Å². The van der Waals surface area contributed by atoms with E-state index in [1.165, 1.54) is 27.9 Å². The van der Waals surface area contributed by atoms with Crippen LogP contribution in [0.5, 0.6) is 5.75 Å². The number of aryl methyl sites for hydroxylation is 2. The van der Waals surface area contributed by atoms with Gasteiger partial charge in [0.2, 0.25) is 0 Å². The summed E-state index contributed by atoms with van der Waals surface area (Å²) in [5, 5.41) is 4.69. The van der Waals surface area contributed by atoms with Gasteiger partial charge in [-0.25, -0.2) is 4.68 Å². The summed E-state index contributed by atoms with van der Waals surface area (Å²) in [6, 6.07) is 15.5. The van der Waals surface area contributed by atoms with Crippen LogP contribution in [-0.4, -0.2) is 16.4 Å². The molecule has 0 unspecified atom stereocenters. The highest BCUT2D eigenvalue weighted by Crippen LogP contribution is 2.34. The zero-order chi connectivity index (χ0) is 18.8. The third-order valence-electron chi connectivity index (χ3n) is 5.67.